The molecular weight excluding hydrogens is 336 g/mol. The SMILES string of the molecule is CCN(CCCc1cc(C)ccc1S(=O)(=O)O)c1cccc(C#N)c1. The number of aryl methyl sites for hydroxylation is 2. The van der Waals surface area contributed by atoms with Crippen molar-refractivity contribution in [2.45, 2.75) is 31.6 Å². The van der Waals surface area contributed by atoms with Crippen molar-refractivity contribution in [1.29, 1.82) is 5.26 Å². The summed E-state index contributed by atoms with van der Waals surface area (Å²) in [5.41, 5.74) is 3.17. The van der Waals surface area contributed by atoms with Crippen LogP contribution in [0.15, 0.2) is 47.4 Å². The van der Waals surface area contributed by atoms with E-state index in [4.69, 9.17) is 5.26 Å². The van der Waals surface area contributed by atoms with Gasteiger partial charge < -0.3 is 4.90 Å². The van der Waals surface area contributed by atoms with Gasteiger partial charge in [0, 0.05) is 18.8 Å². The molecule has 0 aliphatic heterocycles. The van der Waals surface area contributed by atoms with Crippen LogP contribution in [0.1, 0.15) is 30.0 Å². The number of hydrogen-bond donors (Lipinski definition) is 1. The van der Waals surface area contributed by atoms with E-state index in [9.17, 15) is 13.0 Å². The van der Waals surface area contributed by atoms with Crippen molar-refractivity contribution in [3.05, 3.63) is 59.2 Å². The van der Waals surface area contributed by atoms with Gasteiger partial charge in [-0.1, -0.05) is 23.8 Å². The van der Waals surface area contributed by atoms with E-state index >= 15 is 0 Å². The maximum Gasteiger partial charge on any atom is 0.294 e. The van der Waals surface area contributed by atoms with Crippen LogP contribution in [-0.2, 0) is 16.5 Å². The van der Waals surface area contributed by atoms with Crippen molar-refractivity contribution in [2.75, 3.05) is 18.0 Å². The van der Waals surface area contributed by atoms with Crippen molar-refractivity contribution in [3.8, 4) is 6.07 Å². The Balaban J connectivity index is 2.11. The van der Waals surface area contributed by atoms with E-state index in [1.54, 1.807) is 18.2 Å². The van der Waals surface area contributed by atoms with E-state index in [1.807, 2.05) is 32.0 Å². The minimum absolute atomic E-state index is 0.0207. The maximum atomic E-state index is 11.5. The molecule has 0 saturated heterocycles. The van der Waals surface area contributed by atoms with Gasteiger partial charge >= 0.3 is 0 Å². The zero-order valence-electron chi connectivity index (χ0n) is 14.4. The maximum absolute atomic E-state index is 11.5. The number of nitriles is 1. The highest BCUT2D eigenvalue weighted by molar-refractivity contribution is 7.85. The lowest BCUT2D eigenvalue weighted by molar-refractivity contribution is 0.482. The number of rotatable bonds is 7. The van der Waals surface area contributed by atoms with Crippen LogP contribution in [0.2, 0.25) is 0 Å². The molecule has 0 heterocycles. The molecule has 2 rings (SSSR count). The van der Waals surface area contributed by atoms with Gasteiger partial charge in [0.05, 0.1) is 16.5 Å². The van der Waals surface area contributed by atoms with Crippen LogP contribution in [-0.4, -0.2) is 26.1 Å². The quantitative estimate of drug-likeness (QED) is 0.765. The van der Waals surface area contributed by atoms with Gasteiger partial charge in [0.1, 0.15) is 0 Å². The Morgan fingerprint density at radius 1 is 1.20 bits per heavy atom. The fraction of sp³-hybridized carbons (Fsp3) is 0.316. The number of benzene rings is 2. The summed E-state index contributed by atoms with van der Waals surface area (Å²) in [4.78, 5) is 2.12. The molecule has 0 spiro atoms. The van der Waals surface area contributed by atoms with E-state index < -0.39 is 10.1 Å². The molecule has 0 aliphatic carbocycles. The molecule has 0 fully saturated rings. The molecule has 0 aromatic heterocycles. The van der Waals surface area contributed by atoms with Crippen LogP contribution in [0.3, 0.4) is 0 Å². The van der Waals surface area contributed by atoms with Crippen molar-refractivity contribution in [3.63, 3.8) is 0 Å². The lowest BCUT2D eigenvalue weighted by Crippen LogP contribution is -2.24. The van der Waals surface area contributed by atoms with Gasteiger partial charge in [-0.15, -0.1) is 0 Å². The highest BCUT2D eigenvalue weighted by Gasteiger charge is 2.15. The van der Waals surface area contributed by atoms with Crippen molar-refractivity contribution < 1.29 is 13.0 Å². The average molecular weight is 358 g/mol. The highest BCUT2D eigenvalue weighted by Crippen LogP contribution is 2.20. The normalized spacial score (nSPS) is 11.1. The smallest absolute Gasteiger partial charge is 0.294 e. The Labute approximate surface area is 149 Å². The average Bonchev–Trinajstić information content (AvgIpc) is 2.57. The first kappa shape index (κ1) is 19.0. The lowest BCUT2D eigenvalue weighted by atomic mass is 10.1. The van der Waals surface area contributed by atoms with Gasteiger partial charge in [0.2, 0.25) is 0 Å². The molecule has 0 saturated carbocycles. The summed E-state index contributed by atoms with van der Waals surface area (Å²) in [6.45, 7) is 5.44. The van der Waals surface area contributed by atoms with Gasteiger partial charge in [0.15, 0.2) is 0 Å². The summed E-state index contributed by atoms with van der Waals surface area (Å²) in [6.07, 6.45) is 1.28. The molecule has 2 aromatic carbocycles. The number of anilines is 1. The third kappa shape index (κ3) is 5.05. The van der Waals surface area contributed by atoms with Crippen LogP contribution in [0.5, 0.6) is 0 Å². The molecule has 25 heavy (non-hydrogen) atoms. The van der Waals surface area contributed by atoms with Crippen LogP contribution in [0.4, 0.5) is 5.69 Å². The highest BCUT2D eigenvalue weighted by atomic mass is 32.2. The fourth-order valence-corrected chi connectivity index (χ4v) is 3.59. The van der Waals surface area contributed by atoms with E-state index in [1.165, 1.54) is 6.07 Å². The van der Waals surface area contributed by atoms with Gasteiger partial charge in [-0.3, -0.25) is 4.55 Å². The van der Waals surface area contributed by atoms with E-state index in [2.05, 4.69) is 11.0 Å². The summed E-state index contributed by atoms with van der Waals surface area (Å²) < 4.78 is 32.4. The molecule has 2 aromatic rings. The molecule has 0 unspecified atom stereocenters. The third-order valence-corrected chi connectivity index (χ3v) is 5.04. The first-order valence-electron chi connectivity index (χ1n) is 8.17. The predicted octanol–water partition coefficient (Wildman–Crippen LogP) is 3.57. The topological polar surface area (TPSA) is 81.4 Å². The Hall–Kier alpha value is -2.36. The summed E-state index contributed by atoms with van der Waals surface area (Å²) >= 11 is 0. The molecule has 0 amide bonds. The predicted molar refractivity (Wildman–Crippen MR) is 98.4 cm³/mol. The van der Waals surface area contributed by atoms with Crippen LogP contribution >= 0.6 is 0 Å². The zero-order valence-corrected chi connectivity index (χ0v) is 15.3. The van der Waals surface area contributed by atoms with Crippen molar-refractivity contribution in [1.82, 2.24) is 0 Å². The van der Waals surface area contributed by atoms with Crippen LogP contribution < -0.4 is 4.90 Å². The molecule has 5 nitrogen and oxygen atoms in total. The Morgan fingerprint density at radius 3 is 2.60 bits per heavy atom. The van der Waals surface area contributed by atoms with E-state index in [0.717, 1.165) is 30.8 Å². The van der Waals surface area contributed by atoms with E-state index in [0.29, 0.717) is 17.5 Å². The molecular formula is C19H22N2O3S. The lowest BCUT2D eigenvalue weighted by Gasteiger charge is -2.23. The third-order valence-electron chi connectivity index (χ3n) is 4.09. The summed E-state index contributed by atoms with van der Waals surface area (Å²) in [7, 11) is -4.22. The van der Waals surface area contributed by atoms with Crippen molar-refractivity contribution >= 4 is 15.8 Å². The molecule has 1 N–H and O–H groups in total. The molecule has 0 bridgehead atoms. The second-order valence-electron chi connectivity index (χ2n) is 5.93. The first-order valence-corrected chi connectivity index (χ1v) is 9.61. The minimum Gasteiger partial charge on any atom is -0.372 e. The molecule has 0 aliphatic rings. The van der Waals surface area contributed by atoms with Crippen LogP contribution in [0.25, 0.3) is 0 Å². The zero-order chi connectivity index (χ0) is 18.4. The fourth-order valence-electron chi connectivity index (χ4n) is 2.86. The Morgan fingerprint density at radius 2 is 1.96 bits per heavy atom. The first-order chi connectivity index (χ1) is 11.8. The van der Waals surface area contributed by atoms with Gasteiger partial charge in [-0.25, -0.2) is 0 Å². The van der Waals surface area contributed by atoms with Gasteiger partial charge in [-0.2, -0.15) is 13.7 Å². The van der Waals surface area contributed by atoms with Crippen molar-refractivity contribution in [2.24, 2.45) is 0 Å². The molecule has 6 heteroatoms. The second-order valence-corrected chi connectivity index (χ2v) is 7.32. The molecule has 0 radical (unpaired) electrons. The Kier molecular flexibility index (Phi) is 6.18. The number of nitrogens with zero attached hydrogens (tertiary/aromatic N) is 2. The second kappa shape index (κ2) is 8.15. The molecule has 0 atom stereocenters. The summed E-state index contributed by atoms with van der Waals surface area (Å²) in [5, 5.41) is 9.02. The standard InChI is InChI=1S/C19H22N2O3S/c1-3-21(18-8-4-6-16(13-18)14-20)11-5-7-17-12-15(2)9-10-19(17)25(22,23)24/h4,6,8-10,12-13H,3,5,7,11H2,1-2H3,(H,22,23,24). The Bertz CT molecular complexity index is 886. The van der Waals surface area contributed by atoms with Gasteiger partial charge in [0.25, 0.3) is 10.1 Å². The summed E-state index contributed by atoms with van der Waals surface area (Å²) in [5.74, 6) is 0. The number of hydrogen-bond acceptors (Lipinski definition) is 4. The van der Waals surface area contributed by atoms with E-state index in [-0.39, 0.29) is 4.90 Å². The van der Waals surface area contributed by atoms with Gasteiger partial charge in [-0.05, 0) is 56.5 Å². The minimum atomic E-state index is -4.22. The largest absolute Gasteiger partial charge is 0.372 e. The molecule has 132 valence electrons. The van der Waals surface area contributed by atoms with Crippen LogP contribution in [0, 0.1) is 18.3 Å². The summed E-state index contributed by atoms with van der Waals surface area (Å²) in [6, 6.07) is 14.5. The monoisotopic (exact) mass is 358 g/mol.